The van der Waals surface area contributed by atoms with Crippen LogP contribution in [0, 0.1) is 5.92 Å². The molecule has 0 aliphatic heterocycles. The normalized spacial score (nSPS) is 28.2. The molecule has 1 aromatic rings. The average Bonchev–Trinajstić information content (AvgIpc) is 2.17. The van der Waals surface area contributed by atoms with Gasteiger partial charge in [-0.2, -0.15) is 0 Å². The van der Waals surface area contributed by atoms with Crippen LogP contribution in [-0.4, -0.2) is 12.3 Å². The highest BCUT2D eigenvalue weighted by Crippen LogP contribution is 2.42. The molecule has 0 saturated carbocycles. The van der Waals surface area contributed by atoms with Gasteiger partial charge < -0.3 is 10.5 Å². The van der Waals surface area contributed by atoms with Gasteiger partial charge in [0.25, 0.3) is 5.92 Å². The van der Waals surface area contributed by atoms with Gasteiger partial charge in [-0.3, -0.25) is 0 Å². The molecule has 2 rings (SSSR count). The van der Waals surface area contributed by atoms with Crippen molar-refractivity contribution in [3.05, 3.63) is 35.4 Å². The van der Waals surface area contributed by atoms with E-state index in [2.05, 4.69) is 0 Å². The van der Waals surface area contributed by atoms with E-state index in [0.717, 1.165) is 0 Å². The van der Waals surface area contributed by atoms with Crippen LogP contribution in [0.5, 0.6) is 0 Å². The Kier molecular flexibility index (Phi) is 2.31. The van der Waals surface area contributed by atoms with Gasteiger partial charge in [-0.05, 0) is 12.0 Å². The zero-order valence-electron chi connectivity index (χ0n) is 7.99. The van der Waals surface area contributed by atoms with Crippen LogP contribution in [0.3, 0.4) is 0 Å². The van der Waals surface area contributed by atoms with Gasteiger partial charge in [0.15, 0.2) is 0 Å². The van der Waals surface area contributed by atoms with Gasteiger partial charge in [0.2, 0.25) is 0 Å². The first-order valence-corrected chi connectivity index (χ1v) is 4.74. The molecule has 2 atom stereocenters. The summed E-state index contributed by atoms with van der Waals surface area (Å²) in [6.45, 7) is 0. The second kappa shape index (κ2) is 3.38. The number of aldehydes is 1. The molecule has 0 saturated heterocycles. The first-order valence-electron chi connectivity index (χ1n) is 4.74. The van der Waals surface area contributed by atoms with Crippen molar-refractivity contribution in [1.82, 2.24) is 0 Å². The summed E-state index contributed by atoms with van der Waals surface area (Å²) in [5, 5.41) is 0. The molecule has 0 radical (unpaired) electrons. The lowest BCUT2D eigenvalue weighted by atomic mass is 9.78. The van der Waals surface area contributed by atoms with E-state index in [1.807, 2.05) is 0 Å². The molecular weight excluding hydrogens is 200 g/mol. The largest absolute Gasteiger partial charge is 0.327 e. The summed E-state index contributed by atoms with van der Waals surface area (Å²) < 4.78 is 27.6. The minimum atomic E-state index is -3.14. The Hall–Kier alpha value is -1.29. The Balaban J connectivity index is 2.55. The Morgan fingerprint density at radius 2 is 2.07 bits per heavy atom. The summed E-state index contributed by atoms with van der Waals surface area (Å²) in [6.07, 6.45) is 0.593. The van der Waals surface area contributed by atoms with E-state index >= 15 is 0 Å². The minimum Gasteiger partial charge on any atom is -0.327 e. The molecule has 4 heteroatoms. The van der Waals surface area contributed by atoms with Gasteiger partial charge in [0, 0.05) is 11.6 Å². The molecule has 2 unspecified atom stereocenters. The van der Waals surface area contributed by atoms with Gasteiger partial charge in [-0.15, -0.1) is 0 Å². The topological polar surface area (TPSA) is 43.1 Å². The van der Waals surface area contributed by atoms with Crippen LogP contribution < -0.4 is 5.73 Å². The number of nitrogens with two attached hydrogens (primary N) is 1. The van der Waals surface area contributed by atoms with Gasteiger partial charge in [0.1, 0.15) is 6.29 Å². The molecule has 80 valence electrons. The SMILES string of the molecule is NC1Cc2ccccc2C(F)(F)C1C=O. The molecule has 0 bridgehead atoms. The Morgan fingerprint density at radius 1 is 1.40 bits per heavy atom. The third kappa shape index (κ3) is 1.45. The molecule has 1 aliphatic carbocycles. The first-order chi connectivity index (χ1) is 7.07. The van der Waals surface area contributed by atoms with E-state index in [1.165, 1.54) is 6.07 Å². The monoisotopic (exact) mass is 211 g/mol. The average molecular weight is 211 g/mol. The number of fused-ring (bicyclic) bond motifs is 1. The number of hydrogen-bond donors (Lipinski definition) is 1. The van der Waals surface area contributed by atoms with Crippen molar-refractivity contribution in [2.45, 2.75) is 18.4 Å². The lowest BCUT2D eigenvalue weighted by molar-refractivity contribution is -0.130. The summed E-state index contributed by atoms with van der Waals surface area (Å²) in [5.74, 6) is -4.55. The summed E-state index contributed by atoms with van der Waals surface area (Å²) in [7, 11) is 0. The zero-order valence-corrected chi connectivity index (χ0v) is 7.99. The number of hydrogen-bond acceptors (Lipinski definition) is 2. The molecule has 0 spiro atoms. The van der Waals surface area contributed by atoms with Crippen LogP contribution in [0.2, 0.25) is 0 Å². The van der Waals surface area contributed by atoms with E-state index in [9.17, 15) is 13.6 Å². The predicted molar refractivity (Wildman–Crippen MR) is 51.6 cm³/mol. The third-order valence-corrected chi connectivity index (χ3v) is 2.86. The van der Waals surface area contributed by atoms with Crippen molar-refractivity contribution in [2.75, 3.05) is 0 Å². The molecule has 1 aromatic carbocycles. The van der Waals surface area contributed by atoms with Crippen LogP contribution in [0.1, 0.15) is 11.1 Å². The fourth-order valence-corrected chi connectivity index (χ4v) is 2.04. The fourth-order valence-electron chi connectivity index (χ4n) is 2.04. The maximum Gasteiger partial charge on any atom is 0.284 e. The van der Waals surface area contributed by atoms with Crippen molar-refractivity contribution < 1.29 is 13.6 Å². The van der Waals surface area contributed by atoms with Gasteiger partial charge in [-0.25, -0.2) is 8.78 Å². The molecule has 2 N–H and O–H groups in total. The van der Waals surface area contributed by atoms with Crippen molar-refractivity contribution in [1.29, 1.82) is 0 Å². The van der Waals surface area contributed by atoms with E-state index in [4.69, 9.17) is 5.73 Å². The molecule has 0 fully saturated rings. The smallest absolute Gasteiger partial charge is 0.284 e. The summed E-state index contributed by atoms with van der Waals surface area (Å²) in [5.41, 5.74) is 6.04. The summed E-state index contributed by atoms with van der Waals surface area (Å²) >= 11 is 0. The second-order valence-corrected chi connectivity index (χ2v) is 3.81. The number of alkyl halides is 2. The van der Waals surface area contributed by atoms with Gasteiger partial charge >= 0.3 is 0 Å². The van der Waals surface area contributed by atoms with Crippen LogP contribution >= 0.6 is 0 Å². The van der Waals surface area contributed by atoms with Crippen molar-refractivity contribution in [3.63, 3.8) is 0 Å². The third-order valence-electron chi connectivity index (χ3n) is 2.86. The Morgan fingerprint density at radius 3 is 2.73 bits per heavy atom. The molecule has 1 aliphatic rings. The molecular formula is C11H11F2NO. The highest BCUT2D eigenvalue weighted by Gasteiger charge is 2.49. The lowest BCUT2D eigenvalue weighted by Crippen LogP contribution is -2.47. The molecule has 0 amide bonds. The van der Waals surface area contributed by atoms with Crippen LogP contribution in [0.4, 0.5) is 8.78 Å². The number of benzene rings is 1. The van der Waals surface area contributed by atoms with Crippen molar-refractivity contribution in [3.8, 4) is 0 Å². The van der Waals surface area contributed by atoms with E-state index in [1.54, 1.807) is 18.2 Å². The van der Waals surface area contributed by atoms with Crippen molar-refractivity contribution in [2.24, 2.45) is 11.7 Å². The summed E-state index contributed by atoms with van der Waals surface area (Å²) in [4.78, 5) is 10.6. The number of halogens is 2. The molecule has 2 nitrogen and oxygen atoms in total. The van der Waals surface area contributed by atoms with E-state index < -0.39 is 17.9 Å². The predicted octanol–water partition coefficient (Wildman–Crippen LogP) is 1.48. The van der Waals surface area contributed by atoms with Crippen LogP contribution in [-0.2, 0) is 17.1 Å². The highest BCUT2D eigenvalue weighted by molar-refractivity contribution is 5.59. The quantitative estimate of drug-likeness (QED) is 0.715. The maximum absolute atomic E-state index is 13.8. The first kappa shape index (κ1) is 10.2. The van der Waals surface area contributed by atoms with Gasteiger partial charge in [0.05, 0.1) is 5.92 Å². The highest BCUT2D eigenvalue weighted by atomic mass is 19.3. The summed E-state index contributed by atoms with van der Waals surface area (Å²) in [6, 6.07) is 5.43. The number of carbonyl (C=O) groups excluding carboxylic acids is 1. The Bertz CT molecular complexity index is 392. The zero-order chi connectivity index (χ0) is 11.1. The number of rotatable bonds is 1. The van der Waals surface area contributed by atoms with Gasteiger partial charge in [-0.1, -0.05) is 24.3 Å². The maximum atomic E-state index is 13.8. The van der Waals surface area contributed by atoms with E-state index in [-0.39, 0.29) is 11.8 Å². The second-order valence-electron chi connectivity index (χ2n) is 3.81. The molecule has 0 heterocycles. The fraction of sp³-hybridized carbons (Fsp3) is 0.364. The lowest BCUT2D eigenvalue weighted by Gasteiger charge is -2.34. The Labute approximate surface area is 86.1 Å². The van der Waals surface area contributed by atoms with Crippen molar-refractivity contribution >= 4 is 6.29 Å². The molecule has 15 heavy (non-hydrogen) atoms. The number of carbonyl (C=O) groups is 1. The molecule has 0 aromatic heterocycles. The van der Waals surface area contributed by atoms with Crippen LogP contribution in [0.15, 0.2) is 24.3 Å². The van der Waals surface area contributed by atoms with E-state index in [0.29, 0.717) is 12.0 Å². The standard InChI is InChI=1S/C11H11F2NO/c12-11(13)8-4-2-1-3-7(8)5-10(14)9(11)6-15/h1-4,6,9-10H,5,14H2. The van der Waals surface area contributed by atoms with Crippen LogP contribution in [0.25, 0.3) is 0 Å². The minimum absolute atomic E-state index is 0.0659.